The van der Waals surface area contributed by atoms with Crippen LogP contribution in [0.3, 0.4) is 0 Å². The maximum atomic E-state index is 7.12. The van der Waals surface area contributed by atoms with Crippen molar-refractivity contribution in [2.75, 3.05) is 0 Å². The molecule has 0 aliphatic heterocycles. The van der Waals surface area contributed by atoms with Crippen LogP contribution in [0.2, 0.25) is 16.6 Å². The van der Waals surface area contributed by atoms with Gasteiger partial charge in [0.05, 0.1) is 5.76 Å². The third-order valence-corrected chi connectivity index (χ3v) is 12.9. The SMILES string of the molecule is CC1=C(O[Si](C(C)C)(C(C)C)C(C)C)[C@@H]2CC=C[C@]2(C)[C@H]1C. The molecule has 22 heavy (non-hydrogen) atoms. The molecule has 0 aromatic rings. The molecule has 0 saturated heterocycles. The Bertz CT molecular complexity index is 464. The van der Waals surface area contributed by atoms with Gasteiger partial charge in [0.25, 0.3) is 8.32 Å². The van der Waals surface area contributed by atoms with E-state index in [0.29, 0.717) is 28.5 Å². The summed E-state index contributed by atoms with van der Waals surface area (Å²) in [5.74, 6) is 2.54. The second kappa shape index (κ2) is 5.85. The third-order valence-electron chi connectivity index (χ3n) is 6.88. The number of hydrogen-bond acceptors (Lipinski definition) is 1. The fourth-order valence-electron chi connectivity index (χ4n) is 5.31. The molecule has 2 rings (SSSR count). The van der Waals surface area contributed by atoms with E-state index in [0.717, 1.165) is 6.42 Å². The maximum Gasteiger partial charge on any atom is 0.258 e. The van der Waals surface area contributed by atoms with Gasteiger partial charge in [0.1, 0.15) is 0 Å². The van der Waals surface area contributed by atoms with Crippen LogP contribution in [0.15, 0.2) is 23.5 Å². The van der Waals surface area contributed by atoms with E-state index in [2.05, 4.69) is 74.5 Å². The quantitative estimate of drug-likeness (QED) is 0.405. The molecule has 0 bridgehead atoms. The molecular formula is C20H36OSi. The molecule has 2 aliphatic rings. The molecule has 0 fully saturated rings. The van der Waals surface area contributed by atoms with Gasteiger partial charge in [-0.25, -0.2) is 0 Å². The van der Waals surface area contributed by atoms with E-state index in [1.165, 1.54) is 11.3 Å². The summed E-state index contributed by atoms with van der Waals surface area (Å²) in [6, 6.07) is 0. The van der Waals surface area contributed by atoms with E-state index in [4.69, 9.17) is 4.43 Å². The highest BCUT2D eigenvalue weighted by Gasteiger charge is 2.54. The number of rotatable bonds is 5. The van der Waals surface area contributed by atoms with E-state index < -0.39 is 8.32 Å². The van der Waals surface area contributed by atoms with Crippen molar-refractivity contribution in [3.8, 4) is 0 Å². The van der Waals surface area contributed by atoms with Crippen LogP contribution in [0.1, 0.15) is 68.7 Å². The van der Waals surface area contributed by atoms with Crippen LogP contribution in [0.25, 0.3) is 0 Å². The predicted octanol–water partition coefficient (Wildman–Crippen LogP) is 6.68. The summed E-state index contributed by atoms with van der Waals surface area (Å²) in [6.45, 7) is 21.4. The van der Waals surface area contributed by atoms with Crippen LogP contribution in [0, 0.1) is 17.3 Å². The zero-order chi connectivity index (χ0) is 16.9. The van der Waals surface area contributed by atoms with Crippen LogP contribution < -0.4 is 0 Å². The summed E-state index contributed by atoms with van der Waals surface area (Å²) < 4.78 is 7.12. The van der Waals surface area contributed by atoms with Gasteiger partial charge >= 0.3 is 0 Å². The Labute approximate surface area is 139 Å². The predicted molar refractivity (Wildman–Crippen MR) is 99.4 cm³/mol. The van der Waals surface area contributed by atoms with Crippen LogP contribution in [-0.2, 0) is 4.43 Å². The van der Waals surface area contributed by atoms with Crippen molar-refractivity contribution in [1.29, 1.82) is 0 Å². The second-order valence-corrected chi connectivity index (χ2v) is 14.1. The number of fused-ring (bicyclic) bond motifs is 1. The lowest BCUT2D eigenvalue weighted by Gasteiger charge is -2.44. The Morgan fingerprint density at radius 3 is 2.05 bits per heavy atom. The molecule has 0 N–H and O–H groups in total. The Hall–Kier alpha value is -0.503. The Morgan fingerprint density at radius 2 is 1.59 bits per heavy atom. The molecule has 3 atom stereocenters. The Balaban J connectivity index is 2.43. The van der Waals surface area contributed by atoms with Gasteiger partial charge in [-0.15, -0.1) is 0 Å². The highest BCUT2D eigenvalue weighted by atomic mass is 28.4. The number of hydrogen-bond donors (Lipinski definition) is 0. The van der Waals surface area contributed by atoms with Crippen LogP contribution in [0.4, 0.5) is 0 Å². The zero-order valence-corrected chi connectivity index (χ0v) is 17.2. The van der Waals surface area contributed by atoms with Crippen molar-refractivity contribution in [2.45, 2.75) is 85.4 Å². The van der Waals surface area contributed by atoms with Crippen molar-refractivity contribution in [1.82, 2.24) is 0 Å². The molecule has 0 radical (unpaired) electrons. The fraction of sp³-hybridized carbons (Fsp3) is 0.800. The Kier molecular flexibility index (Phi) is 4.74. The summed E-state index contributed by atoms with van der Waals surface area (Å²) in [4.78, 5) is 0. The molecule has 0 aromatic carbocycles. The first kappa shape index (κ1) is 17.8. The van der Waals surface area contributed by atoms with Crippen molar-refractivity contribution in [3.05, 3.63) is 23.5 Å². The molecule has 0 saturated carbocycles. The minimum atomic E-state index is -1.84. The van der Waals surface area contributed by atoms with E-state index in [9.17, 15) is 0 Å². The van der Waals surface area contributed by atoms with Gasteiger partial charge in [-0.05, 0) is 41.5 Å². The summed E-state index contributed by atoms with van der Waals surface area (Å²) in [5, 5.41) is 0. The maximum absolute atomic E-state index is 7.12. The lowest BCUT2D eigenvalue weighted by Crippen LogP contribution is -2.48. The third kappa shape index (κ3) is 2.33. The standard InChI is InChI=1S/C20H36OSi/c1-13(2)22(14(3)4,15(5)6)21-19-16(7)17(8)20(9)12-10-11-18(19)20/h10,12-15,17-18H,11H2,1-9H3/t17-,18-,20+/m0/s1. The smallest absolute Gasteiger partial charge is 0.258 e. The molecular weight excluding hydrogens is 284 g/mol. The van der Waals surface area contributed by atoms with Gasteiger partial charge in [0.15, 0.2) is 0 Å². The van der Waals surface area contributed by atoms with E-state index in [1.54, 1.807) is 0 Å². The van der Waals surface area contributed by atoms with E-state index >= 15 is 0 Å². The lowest BCUT2D eigenvalue weighted by molar-refractivity contribution is 0.225. The van der Waals surface area contributed by atoms with Crippen LogP contribution in [0.5, 0.6) is 0 Å². The van der Waals surface area contributed by atoms with E-state index in [-0.39, 0.29) is 5.41 Å². The molecule has 2 aliphatic carbocycles. The molecule has 2 heteroatoms. The molecule has 0 aromatic heterocycles. The Morgan fingerprint density at radius 1 is 1.09 bits per heavy atom. The van der Waals surface area contributed by atoms with Crippen molar-refractivity contribution in [3.63, 3.8) is 0 Å². The van der Waals surface area contributed by atoms with E-state index in [1.807, 2.05) is 0 Å². The minimum Gasteiger partial charge on any atom is -0.545 e. The summed E-state index contributed by atoms with van der Waals surface area (Å²) in [5.41, 5.74) is 3.72. The summed E-state index contributed by atoms with van der Waals surface area (Å²) in [6.07, 6.45) is 5.98. The first-order valence-electron chi connectivity index (χ1n) is 9.16. The minimum absolute atomic E-state index is 0.282. The second-order valence-electron chi connectivity index (χ2n) is 8.75. The van der Waals surface area contributed by atoms with Crippen LogP contribution >= 0.6 is 0 Å². The number of allylic oxidation sites excluding steroid dienone is 4. The van der Waals surface area contributed by atoms with Gasteiger partial charge in [-0.1, -0.05) is 67.5 Å². The van der Waals surface area contributed by atoms with Gasteiger partial charge in [0, 0.05) is 11.3 Å². The molecule has 0 heterocycles. The summed E-state index contributed by atoms with van der Waals surface area (Å²) in [7, 11) is -1.84. The van der Waals surface area contributed by atoms with Gasteiger partial charge in [-0.3, -0.25) is 0 Å². The highest BCUT2D eigenvalue weighted by Crippen LogP contribution is 2.58. The van der Waals surface area contributed by atoms with Gasteiger partial charge in [-0.2, -0.15) is 0 Å². The molecule has 0 spiro atoms. The first-order valence-corrected chi connectivity index (χ1v) is 11.3. The summed E-state index contributed by atoms with van der Waals surface area (Å²) >= 11 is 0. The average molecular weight is 321 g/mol. The van der Waals surface area contributed by atoms with Gasteiger partial charge in [0.2, 0.25) is 0 Å². The van der Waals surface area contributed by atoms with Gasteiger partial charge < -0.3 is 4.43 Å². The molecule has 126 valence electrons. The molecule has 0 unspecified atom stereocenters. The average Bonchev–Trinajstić information content (AvgIpc) is 2.86. The van der Waals surface area contributed by atoms with Crippen molar-refractivity contribution in [2.24, 2.45) is 17.3 Å². The monoisotopic (exact) mass is 320 g/mol. The molecule has 0 amide bonds. The fourth-order valence-corrected chi connectivity index (χ4v) is 10.7. The molecule has 1 nitrogen and oxygen atoms in total. The normalized spacial score (nSPS) is 31.8. The van der Waals surface area contributed by atoms with Crippen molar-refractivity contribution < 1.29 is 4.43 Å². The largest absolute Gasteiger partial charge is 0.545 e. The zero-order valence-electron chi connectivity index (χ0n) is 16.2. The van der Waals surface area contributed by atoms with Crippen LogP contribution in [-0.4, -0.2) is 8.32 Å². The first-order chi connectivity index (χ1) is 10.1. The highest BCUT2D eigenvalue weighted by molar-refractivity contribution is 6.77. The topological polar surface area (TPSA) is 9.23 Å². The van der Waals surface area contributed by atoms with Crippen molar-refractivity contribution >= 4 is 8.32 Å². The lowest BCUT2D eigenvalue weighted by atomic mass is 9.75.